The first-order chi connectivity index (χ1) is 12.8. The number of carbonyl (C=O) groups is 1. The predicted octanol–water partition coefficient (Wildman–Crippen LogP) is -1.92. The number of hydrogen-bond acceptors (Lipinski definition) is 9. The van der Waals surface area contributed by atoms with Crippen molar-refractivity contribution in [1.82, 2.24) is 19.5 Å². The van der Waals surface area contributed by atoms with Crippen LogP contribution < -0.4 is 11.5 Å². The molecule has 0 amide bonds. The van der Waals surface area contributed by atoms with Crippen molar-refractivity contribution in [3.63, 3.8) is 0 Å². The minimum Gasteiger partial charge on any atom is -0.480 e. The van der Waals surface area contributed by atoms with Crippen LogP contribution in [-0.4, -0.2) is 82.9 Å². The second-order valence-electron chi connectivity index (χ2n) is 6.51. The Morgan fingerprint density at radius 1 is 1.37 bits per heavy atom. The highest BCUT2D eigenvalue weighted by Crippen LogP contribution is 2.32. The second-order valence-corrected chi connectivity index (χ2v) is 8.82. The number of aliphatic hydroxyl groups is 2. The number of nitrogen functional groups attached to an aromatic ring is 1. The third-order valence-corrected chi connectivity index (χ3v) is 6.37. The number of nitrogens with two attached hydrogens (primary N) is 2. The SMILES string of the molecule is C[S+](CC[C@H](N)C(=O)O)C[C@H]1O[C@@H](n2cnc3c(N)ncnc32)[C@@H](O)[C@@H]1O. The lowest BCUT2D eigenvalue weighted by Gasteiger charge is -2.16. The number of fused-ring (bicyclic) bond motifs is 1. The maximum absolute atomic E-state index is 10.8. The van der Waals surface area contributed by atoms with Gasteiger partial charge in [0.2, 0.25) is 0 Å². The highest BCUT2D eigenvalue weighted by molar-refractivity contribution is 7.96. The number of aliphatic carboxylic acids is 1. The summed E-state index contributed by atoms with van der Waals surface area (Å²) >= 11 is 0. The Kier molecular flexibility index (Phi) is 5.81. The van der Waals surface area contributed by atoms with Crippen molar-refractivity contribution >= 4 is 33.8 Å². The van der Waals surface area contributed by atoms with Gasteiger partial charge in [-0.2, -0.15) is 0 Å². The molecule has 3 heterocycles. The van der Waals surface area contributed by atoms with Crippen LogP contribution in [0, 0.1) is 0 Å². The van der Waals surface area contributed by atoms with Gasteiger partial charge in [-0.05, 0) is 10.9 Å². The lowest BCUT2D eigenvalue weighted by Crippen LogP contribution is -2.37. The zero-order chi connectivity index (χ0) is 19.7. The minimum atomic E-state index is -1.16. The van der Waals surface area contributed by atoms with Crippen LogP contribution in [0.4, 0.5) is 5.82 Å². The monoisotopic (exact) mass is 399 g/mol. The number of nitrogens with zero attached hydrogens (tertiary/aromatic N) is 4. The normalized spacial score (nSPS) is 27.7. The van der Waals surface area contributed by atoms with Crippen molar-refractivity contribution < 1.29 is 24.9 Å². The first kappa shape index (κ1) is 19.8. The van der Waals surface area contributed by atoms with Gasteiger partial charge in [-0.3, -0.25) is 9.36 Å². The minimum absolute atomic E-state index is 0.216. The van der Waals surface area contributed by atoms with Gasteiger partial charge in [0.25, 0.3) is 0 Å². The van der Waals surface area contributed by atoms with Crippen molar-refractivity contribution in [2.45, 2.75) is 37.0 Å². The third-order valence-electron chi connectivity index (χ3n) is 4.54. The number of carboxylic acid groups (broad SMARTS) is 1. The van der Waals surface area contributed by atoms with Gasteiger partial charge in [-0.25, -0.2) is 15.0 Å². The molecule has 0 radical (unpaired) electrons. The molecule has 27 heavy (non-hydrogen) atoms. The van der Waals surface area contributed by atoms with Gasteiger partial charge >= 0.3 is 5.97 Å². The number of aliphatic hydroxyl groups excluding tert-OH is 2. The predicted molar refractivity (Wildman–Crippen MR) is 98.9 cm³/mol. The number of carboxylic acids is 1. The Morgan fingerprint density at radius 3 is 2.81 bits per heavy atom. The van der Waals surface area contributed by atoms with Gasteiger partial charge in [0.1, 0.15) is 47.7 Å². The average Bonchev–Trinajstić information content (AvgIpc) is 3.17. The summed E-state index contributed by atoms with van der Waals surface area (Å²) in [6, 6.07) is -0.907. The lowest BCUT2D eigenvalue weighted by atomic mass is 10.1. The van der Waals surface area contributed by atoms with Gasteiger partial charge < -0.3 is 31.5 Å². The zero-order valence-corrected chi connectivity index (χ0v) is 15.5. The Balaban J connectivity index is 1.68. The Labute approximate surface area is 157 Å². The average molecular weight is 399 g/mol. The molecule has 2 aromatic heterocycles. The Hall–Kier alpha value is -1.99. The summed E-state index contributed by atoms with van der Waals surface area (Å²) in [6.45, 7) is 0. The van der Waals surface area contributed by atoms with Crippen LogP contribution in [0.2, 0.25) is 0 Å². The smallest absolute Gasteiger partial charge is 0.320 e. The maximum atomic E-state index is 10.8. The van der Waals surface area contributed by atoms with Crippen LogP contribution >= 0.6 is 0 Å². The van der Waals surface area contributed by atoms with Crippen molar-refractivity contribution in [3.05, 3.63) is 12.7 Å². The number of ether oxygens (including phenoxy) is 1. The zero-order valence-electron chi connectivity index (χ0n) is 14.7. The standard InChI is InChI=1S/C15H22N6O5S/c1-27(3-2-7(16)15(24)25)4-8-10(22)11(23)14(26-8)21-6-20-9-12(17)18-5-19-13(9)21/h5-8,10-11,14,22-23H,2-4,16H2,1H3,(H2-,17,18,19,24,25)/p+1/t7-,8+,10+,11-,14+,27?/m0/s1. The van der Waals surface area contributed by atoms with Gasteiger partial charge in [-0.1, -0.05) is 0 Å². The molecule has 6 atom stereocenters. The molecular formula is C15H23N6O5S+. The fraction of sp³-hybridized carbons (Fsp3) is 0.600. The summed E-state index contributed by atoms with van der Waals surface area (Å²) in [5, 5.41) is 29.7. The number of anilines is 1. The molecule has 0 saturated carbocycles. The molecule has 148 valence electrons. The summed E-state index contributed by atoms with van der Waals surface area (Å²) in [6.07, 6.45) is 1.31. The van der Waals surface area contributed by atoms with Gasteiger partial charge in [-0.15, -0.1) is 0 Å². The Bertz CT molecular complexity index is 819. The molecule has 1 saturated heterocycles. The van der Waals surface area contributed by atoms with Crippen molar-refractivity contribution in [2.75, 3.05) is 23.5 Å². The second kappa shape index (κ2) is 7.94. The fourth-order valence-electron chi connectivity index (χ4n) is 2.97. The van der Waals surface area contributed by atoms with Crippen LogP contribution in [0.3, 0.4) is 0 Å². The number of aromatic nitrogens is 4. The van der Waals surface area contributed by atoms with Gasteiger partial charge in [0.15, 0.2) is 17.7 Å². The van der Waals surface area contributed by atoms with Crippen LogP contribution in [-0.2, 0) is 20.4 Å². The maximum Gasteiger partial charge on any atom is 0.320 e. The number of hydrogen-bond donors (Lipinski definition) is 5. The van der Waals surface area contributed by atoms with Crippen LogP contribution in [0.15, 0.2) is 12.7 Å². The van der Waals surface area contributed by atoms with E-state index < -0.39 is 36.6 Å². The number of rotatable bonds is 7. The molecule has 3 rings (SSSR count). The highest BCUT2D eigenvalue weighted by Gasteiger charge is 2.46. The molecule has 2 aromatic rings. The van der Waals surface area contributed by atoms with Gasteiger partial charge in [0, 0.05) is 6.42 Å². The lowest BCUT2D eigenvalue weighted by molar-refractivity contribution is -0.138. The highest BCUT2D eigenvalue weighted by atomic mass is 32.2. The van der Waals surface area contributed by atoms with E-state index in [-0.39, 0.29) is 16.7 Å². The molecule has 0 aliphatic carbocycles. The van der Waals surface area contributed by atoms with E-state index in [1.165, 1.54) is 17.2 Å². The van der Waals surface area contributed by atoms with E-state index in [9.17, 15) is 15.0 Å². The van der Waals surface area contributed by atoms with Crippen LogP contribution in [0.5, 0.6) is 0 Å². The van der Waals surface area contributed by atoms with E-state index in [1.807, 2.05) is 6.26 Å². The molecule has 1 aliphatic rings. The molecule has 0 aromatic carbocycles. The first-order valence-corrected chi connectivity index (χ1v) is 10.3. The molecule has 1 aliphatic heterocycles. The molecule has 1 unspecified atom stereocenters. The van der Waals surface area contributed by atoms with Crippen LogP contribution in [0.1, 0.15) is 12.6 Å². The molecule has 12 heteroatoms. The summed E-state index contributed by atoms with van der Waals surface area (Å²) in [7, 11) is -0.235. The van der Waals surface area contributed by atoms with E-state index in [0.717, 1.165) is 0 Å². The van der Waals surface area contributed by atoms with Crippen molar-refractivity contribution in [1.29, 1.82) is 0 Å². The molecule has 0 spiro atoms. The van der Waals surface area contributed by atoms with E-state index in [4.69, 9.17) is 21.3 Å². The summed E-state index contributed by atoms with van der Waals surface area (Å²) in [5.41, 5.74) is 12.1. The Morgan fingerprint density at radius 2 is 2.11 bits per heavy atom. The van der Waals surface area contributed by atoms with Crippen molar-refractivity contribution in [3.8, 4) is 0 Å². The van der Waals surface area contributed by atoms with Crippen LogP contribution in [0.25, 0.3) is 11.2 Å². The van der Waals surface area contributed by atoms with Gasteiger partial charge in [0.05, 0.1) is 12.6 Å². The van der Waals surface area contributed by atoms with E-state index in [1.54, 1.807) is 0 Å². The van der Waals surface area contributed by atoms with E-state index in [0.29, 0.717) is 29.1 Å². The topological polar surface area (TPSA) is 183 Å². The molecule has 7 N–H and O–H groups in total. The van der Waals surface area contributed by atoms with E-state index >= 15 is 0 Å². The molecule has 0 bridgehead atoms. The quantitative estimate of drug-likeness (QED) is 0.329. The van der Waals surface area contributed by atoms with E-state index in [2.05, 4.69) is 15.0 Å². The summed E-state index contributed by atoms with van der Waals surface area (Å²) < 4.78 is 7.41. The summed E-state index contributed by atoms with van der Waals surface area (Å²) in [4.78, 5) is 23.0. The fourth-order valence-corrected chi connectivity index (χ4v) is 4.63. The third kappa shape index (κ3) is 3.99. The van der Waals surface area contributed by atoms with Crippen molar-refractivity contribution in [2.24, 2.45) is 5.73 Å². The largest absolute Gasteiger partial charge is 0.480 e. The molecule has 1 fully saturated rings. The number of imidazole rings is 1. The summed E-state index contributed by atoms with van der Waals surface area (Å²) in [5.74, 6) is 0.254. The molecule has 11 nitrogen and oxygen atoms in total. The first-order valence-electron chi connectivity index (χ1n) is 8.31. The molecular weight excluding hydrogens is 376 g/mol.